The molecule has 7 heteroatoms. The summed E-state index contributed by atoms with van der Waals surface area (Å²) < 4.78 is 28.6. The summed E-state index contributed by atoms with van der Waals surface area (Å²) in [6.45, 7) is 5.77. The fraction of sp³-hybridized carbons (Fsp3) is 0.316. The molecule has 0 aliphatic rings. The number of carbonyl (C=O) groups is 1. The molecule has 0 spiro atoms. The summed E-state index contributed by atoms with van der Waals surface area (Å²) in [5.74, 6) is 0.499. The molecular formula is C19H22ClNO4S. The molecule has 0 unspecified atom stereocenters. The first-order valence-electron chi connectivity index (χ1n) is 8.10. The largest absolute Gasteiger partial charge is 0.483 e. The number of anilines is 1. The second kappa shape index (κ2) is 8.10. The lowest BCUT2D eigenvalue weighted by atomic mass is 10.0. The molecule has 0 saturated carbocycles. The maximum Gasteiger partial charge on any atom is 0.262 e. The summed E-state index contributed by atoms with van der Waals surface area (Å²) in [6, 6.07) is 9.67. The van der Waals surface area contributed by atoms with Gasteiger partial charge in [0.25, 0.3) is 5.91 Å². The second-order valence-electron chi connectivity index (χ2n) is 6.43. The third-order valence-corrected chi connectivity index (χ3v) is 5.37. The molecule has 0 atom stereocenters. The molecule has 0 bridgehead atoms. The van der Waals surface area contributed by atoms with Crippen molar-refractivity contribution >= 4 is 33.0 Å². The quantitative estimate of drug-likeness (QED) is 0.795. The van der Waals surface area contributed by atoms with Gasteiger partial charge in [-0.25, -0.2) is 8.42 Å². The van der Waals surface area contributed by atoms with Crippen LogP contribution in [0.3, 0.4) is 0 Å². The van der Waals surface area contributed by atoms with Crippen molar-refractivity contribution in [3.8, 4) is 5.75 Å². The maximum atomic E-state index is 12.1. The molecule has 1 N–H and O–H groups in total. The van der Waals surface area contributed by atoms with Crippen LogP contribution in [0.1, 0.15) is 30.9 Å². The van der Waals surface area contributed by atoms with Gasteiger partial charge in [-0.1, -0.05) is 25.4 Å². The maximum absolute atomic E-state index is 12.1. The second-order valence-corrected chi connectivity index (χ2v) is 8.85. The third kappa shape index (κ3) is 5.22. The molecule has 1 amide bonds. The van der Waals surface area contributed by atoms with Crippen molar-refractivity contribution in [3.63, 3.8) is 0 Å². The van der Waals surface area contributed by atoms with E-state index in [1.165, 1.54) is 12.1 Å². The number of rotatable bonds is 6. The normalized spacial score (nSPS) is 11.5. The van der Waals surface area contributed by atoms with Gasteiger partial charge in [-0.3, -0.25) is 4.79 Å². The fourth-order valence-electron chi connectivity index (χ4n) is 2.37. The molecule has 2 aromatic carbocycles. The Kier molecular flexibility index (Phi) is 6.31. The Morgan fingerprint density at radius 1 is 1.19 bits per heavy atom. The van der Waals surface area contributed by atoms with Crippen LogP contribution in [0.5, 0.6) is 5.75 Å². The minimum Gasteiger partial charge on any atom is -0.483 e. The zero-order valence-corrected chi connectivity index (χ0v) is 16.7. The number of aryl methyl sites for hydroxylation is 1. The van der Waals surface area contributed by atoms with Crippen LogP contribution >= 0.6 is 11.6 Å². The Morgan fingerprint density at radius 2 is 1.81 bits per heavy atom. The van der Waals surface area contributed by atoms with Crippen LogP contribution in [0, 0.1) is 6.92 Å². The molecule has 0 aliphatic carbocycles. The van der Waals surface area contributed by atoms with Gasteiger partial charge in [0.2, 0.25) is 0 Å². The van der Waals surface area contributed by atoms with Gasteiger partial charge in [-0.15, -0.1) is 0 Å². The van der Waals surface area contributed by atoms with Gasteiger partial charge in [-0.2, -0.15) is 0 Å². The van der Waals surface area contributed by atoms with E-state index < -0.39 is 9.84 Å². The smallest absolute Gasteiger partial charge is 0.262 e. The summed E-state index contributed by atoms with van der Waals surface area (Å²) in [6.07, 6.45) is 1.13. The van der Waals surface area contributed by atoms with Gasteiger partial charge in [0, 0.05) is 17.0 Å². The van der Waals surface area contributed by atoms with Crippen molar-refractivity contribution in [2.24, 2.45) is 0 Å². The highest BCUT2D eigenvalue weighted by Crippen LogP contribution is 2.32. The molecule has 0 heterocycles. The summed E-state index contributed by atoms with van der Waals surface area (Å²) in [5, 5.41) is 3.34. The number of benzene rings is 2. The van der Waals surface area contributed by atoms with Crippen LogP contribution in [0.15, 0.2) is 41.3 Å². The lowest BCUT2D eigenvalue weighted by Crippen LogP contribution is -2.20. The van der Waals surface area contributed by atoms with E-state index in [0.29, 0.717) is 16.5 Å². The van der Waals surface area contributed by atoms with E-state index in [1.807, 2.05) is 32.9 Å². The number of hydrogen-bond acceptors (Lipinski definition) is 4. The summed E-state index contributed by atoms with van der Waals surface area (Å²) in [7, 11) is -3.26. The van der Waals surface area contributed by atoms with E-state index in [1.54, 1.807) is 12.1 Å². The highest BCUT2D eigenvalue weighted by atomic mass is 35.5. The van der Waals surface area contributed by atoms with Crippen LogP contribution in [0.4, 0.5) is 5.69 Å². The first kappa shape index (κ1) is 20.3. The van der Waals surface area contributed by atoms with Crippen molar-refractivity contribution in [2.75, 3.05) is 18.2 Å². The van der Waals surface area contributed by atoms with Gasteiger partial charge in [0.1, 0.15) is 5.75 Å². The summed E-state index contributed by atoms with van der Waals surface area (Å²) in [4.78, 5) is 12.3. The Labute approximate surface area is 159 Å². The number of sulfone groups is 1. The van der Waals surface area contributed by atoms with Crippen molar-refractivity contribution < 1.29 is 17.9 Å². The monoisotopic (exact) mass is 395 g/mol. The predicted octanol–water partition coefficient (Wildman–Crippen LogP) is 4.19. The van der Waals surface area contributed by atoms with Gasteiger partial charge in [0.05, 0.1) is 4.90 Å². The van der Waals surface area contributed by atoms with Crippen molar-refractivity contribution in [1.82, 2.24) is 0 Å². The molecule has 26 heavy (non-hydrogen) atoms. The Bertz CT molecular complexity index is 906. The first-order chi connectivity index (χ1) is 12.1. The highest BCUT2D eigenvalue weighted by molar-refractivity contribution is 7.90. The van der Waals surface area contributed by atoms with Gasteiger partial charge >= 0.3 is 0 Å². The topological polar surface area (TPSA) is 72.5 Å². The lowest BCUT2D eigenvalue weighted by Gasteiger charge is -2.16. The van der Waals surface area contributed by atoms with Crippen LogP contribution in [0.2, 0.25) is 5.02 Å². The van der Waals surface area contributed by atoms with E-state index in [-0.39, 0.29) is 23.3 Å². The standard InChI is InChI=1S/C19H22ClNO4S/c1-12(2)16-10-17(20)13(3)9-18(16)25-11-19(22)21-14-5-7-15(8-6-14)26(4,23)24/h5-10,12H,11H2,1-4H3,(H,21,22). The molecular weight excluding hydrogens is 374 g/mol. The van der Waals surface area contributed by atoms with Gasteiger partial charge in [-0.05, 0) is 60.4 Å². The van der Waals surface area contributed by atoms with E-state index in [4.69, 9.17) is 16.3 Å². The molecule has 2 aromatic rings. The van der Waals surface area contributed by atoms with Crippen molar-refractivity contribution in [3.05, 3.63) is 52.5 Å². The highest BCUT2D eigenvalue weighted by Gasteiger charge is 2.13. The Hall–Kier alpha value is -2.05. The van der Waals surface area contributed by atoms with E-state index in [0.717, 1.165) is 17.4 Å². The molecule has 0 aromatic heterocycles. The molecule has 140 valence electrons. The van der Waals surface area contributed by atoms with Gasteiger partial charge < -0.3 is 10.1 Å². The number of ether oxygens (including phenoxy) is 1. The predicted molar refractivity (Wildman–Crippen MR) is 104 cm³/mol. The Morgan fingerprint density at radius 3 is 2.35 bits per heavy atom. The van der Waals surface area contributed by atoms with E-state index in [9.17, 15) is 13.2 Å². The number of hydrogen-bond donors (Lipinski definition) is 1. The average Bonchev–Trinajstić information content (AvgIpc) is 2.55. The number of carbonyl (C=O) groups excluding carboxylic acids is 1. The molecule has 0 saturated heterocycles. The minimum atomic E-state index is -3.26. The fourth-order valence-corrected chi connectivity index (χ4v) is 3.18. The van der Waals surface area contributed by atoms with E-state index in [2.05, 4.69) is 5.32 Å². The minimum absolute atomic E-state index is 0.158. The summed E-state index contributed by atoms with van der Waals surface area (Å²) in [5.41, 5.74) is 2.32. The third-order valence-electron chi connectivity index (χ3n) is 3.84. The van der Waals surface area contributed by atoms with Crippen LogP contribution in [0.25, 0.3) is 0 Å². The first-order valence-corrected chi connectivity index (χ1v) is 10.4. The zero-order chi connectivity index (χ0) is 19.5. The molecule has 2 rings (SSSR count). The van der Waals surface area contributed by atoms with Crippen LogP contribution in [-0.4, -0.2) is 27.2 Å². The number of amides is 1. The van der Waals surface area contributed by atoms with Crippen LogP contribution in [-0.2, 0) is 14.6 Å². The van der Waals surface area contributed by atoms with Crippen LogP contribution < -0.4 is 10.1 Å². The van der Waals surface area contributed by atoms with Gasteiger partial charge in [0.15, 0.2) is 16.4 Å². The number of nitrogens with one attached hydrogen (secondary N) is 1. The van der Waals surface area contributed by atoms with Crippen molar-refractivity contribution in [2.45, 2.75) is 31.6 Å². The van der Waals surface area contributed by atoms with Crippen molar-refractivity contribution in [1.29, 1.82) is 0 Å². The van der Waals surface area contributed by atoms with E-state index >= 15 is 0 Å². The lowest BCUT2D eigenvalue weighted by molar-refractivity contribution is -0.118. The number of halogens is 1. The molecule has 0 aliphatic heterocycles. The SMILES string of the molecule is Cc1cc(OCC(=O)Nc2ccc(S(C)(=O)=O)cc2)c(C(C)C)cc1Cl. The Balaban J connectivity index is 2.04. The molecule has 0 radical (unpaired) electrons. The molecule has 5 nitrogen and oxygen atoms in total. The average molecular weight is 396 g/mol. The summed E-state index contributed by atoms with van der Waals surface area (Å²) >= 11 is 6.17. The zero-order valence-electron chi connectivity index (χ0n) is 15.2. The molecule has 0 fully saturated rings.